The summed E-state index contributed by atoms with van der Waals surface area (Å²) in [6.07, 6.45) is 2.28. The van der Waals surface area contributed by atoms with Crippen LogP contribution in [0.25, 0.3) is 11.3 Å². The highest BCUT2D eigenvalue weighted by Crippen LogP contribution is 2.19. The van der Waals surface area contributed by atoms with Gasteiger partial charge in [-0.05, 0) is 44.2 Å². The topological polar surface area (TPSA) is 85.9 Å². The van der Waals surface area contributed by atoms with E-state index >= 15 is 0 Å². The van der Waals surface area contributed by atoms with E-state index < -0.39 is 0 Å². The zero-order chi connectivity index (χ0) is 23.2. The maximum Gasteiger partial charge on any atom is 0.269 e. The van der Waals surface area contributed by atoms with Crippen LogP contribution >= 0.6 is 0 Å². The molecule has 8 nitrogen and oxygen atoms in total. The lowest BCUT2D eigenvalue weighted by Gasteiger charge is -2.32. The molecule has 0 aliphatic carbocycles. The van der Waals surface area contributed by atoms with Crippen molar-refractivity contribution in [2.24, 2.45) is 0 Å². The second-order valence-electron chi connectivity index (χ2n) is 8.67. The van der Waals surface area contributed by atoms with Crippen molar-refractivity contribution in [3.8, 4) is 11.3 Å². The Balaban J connectivity index is 1.32. The molecule has 0 unspecified atom stereocenters. The summed E-state index contributed by atoms with van der Waals surface area (Å²) in [6, 6.07) is 12.7. The Bertz CT molecular complexity index is 999. The first-order valence-corrected chi connectivity index (χ1v) is 11.6. The Morgan fingerprint density at radius 2 is 1.76 bits per heavy atom. The van der Waals surface area contributed by atoms with Gasteiger partial charge < -0.3 is 20.0 Å². The van der Waals surface area contributed by atoms with E-state index in [-0.39, 0.29) is 17.7 Å². The number of nitrogens with one attached hydrogen (secondary N) is 1. The summed E-state index contributed by atoms with van der Waals surface area (Å²) in [5.74, 6) is 0.0183. The van der Waals surface area contributed by atoms with Crippen LogP contribution in [0.3, 0.4) is 0 Å². The molecule has 3 heterocycles. The molecule has 2 fully saturated rings. The zero-order valence-electron chi connectivity index (χ0n) is 19.1. The third-order valence-corrected chi connectivity index (χ3v) is 6.26. The van der Waals surface area contributed by atoms with Gasteiger partial charge in [-0.1, -0.05) is 18.2 Å². The number of aromatic nitrogens is 1. The first kappa shape index (κ1) is 22.9. The number of amides is 3. The van der Waals surface area contributed by atoms with Gasteiger partial charge in [-0.2, -0.15) is 0 Å². The molecular formula is C25H31N5O3. The van der Waals surface area contributed by atoms with Gasteiger partial charge in [0, 0.05) is 63.4 Å². The molecule has 1 N–H and O–H groups in total. The zero-order valence-corrected chi connectivity index (χ0v) is 19.1. The predicted octanol–water partition coefficient (Wildman–Crippen LogP) is 1.88. The molecule has 2 aliphatic heterocycles. The van der Waals surface area contributed by atoms with Gasteiger partial charge in [0.25, 0.3) is 11.8 Å². The fourth-order valence-corrected chi connectivity index (χ4v) is 4.20. The van der Waals surface area contributed by atoms with Gasteiger partial charge in [0.1, 0.15) is 5.69 Å². The highest BCUT2D eigenvalue weighted by molar-refractivity contribution is 5.95. The summed E-state index contributed by atoms with van der Waals surface area (Å²) >= 11 is 0. The highest BCUT2D eigenvalue weighted by atomic mass is 16.2. The van der Waals surface area contributed by atoms with Crippen molar-refractivity contribution in [3.05, 3.63) is 53.7 Å². The van der Waals surface area contributed by atoms with E-state index in [0.29, 0.717) is 36.5 Å². The van der Waals surface area contributed by atoms with Crippen LogP contribution < -0.4 is 5.32 Å². The van der Waals surface area contributed by atoms with Crippen LogP contribution in [0.4, 0.5) is 0 Å². The molecule has 3 amide bonds. The van der Waals surface area contributed by atoms with Gasteiger partial charge >= 0.3 is 0 Å². The predicted molar refractivity (Wildman–Crippen MR) is 126 cm³/mol. The molecule has 2 aliphatic rings. The summed E-state index contributed by atoms with van der Waals surface area (Å²) in [4.78, 5) is 47.4. The average molecular weight is 450 g/mol. The molecule has 1 aromatic carbocycles. The SMILES string of the molecule is CN1CCN(C(=O)c2ccc(-c3cccc(C(=O)NCCCN4CCCC4=O)n3)cc2)CC1. The van der Waals surface area contributed by atoms with Crippen LogP contribution in [0, 0.1) is 0 Å². The largest absolute Gasteiger partial charge is 0.351 e. The number of hydrogen-bond acceptors (Lipinski definition) is 5. The molecule has 0 saturated carbocycles. The summed E-state index contributed by atoms with van der Waals surface area (Å²) in [6.45, 7) is 5.24. The number of pyridine rings is 1. The van der Waals surface area contributed by atoms with Gasteiger partial charge in [0.2, 0.25) is 5.91 Å². The van der Waals surface area contributed by atoms with Crippen LogP contribution in [0.15, 0.2) is 42.5 Å². The van der Waals surface area contributed by atoms with Crippen LogP contribution in [0.2, 0.25) is 0 Å². The Kier molecular flexibility index (Phi) is 7.34. The molecule has 8 heteroatoms. The normalized spacial score (nSPS) is 16.8. The summed E-state index contributed by atoms with van der Waals surface area (Å²) < 4.78 is 0. The second kappa shape index (κ2) is 10.6. The fourth-order valence-electron chi connectivity index (χ4n) is 4.20. The summed E-state index contributed by atoms with van der Waals surface area (Å²) in [5.41, 5.74) is 2.55. The molecule has 174 valence electrons. The first-order chi connectivity index (χ1) is 16.0. The minimum atomic E-state index is -0.230. The standard InChI is InChI=1S/C25H31N5O3/c1-28-15-17-30(18-16-28)25(33)20-10-8-19(9-11-20)21-5-2-6-22(27-21)24(32)26-12-4-14-29-13-3-7-23(29)31/h2,5-6,8-11H,3-4,7,12-18H2,1H3,(H,26,32). The molecule has 0 atom stereocenters. The average Bonchev–Trinajstić information content (AvgIpc) is 3.26. The lowest BCUT2D eigenvalue weighted by Crippen LogP contribution is -2.47. The first-order valence-electron chi connectivity index (χ1n) is 11.6. The van der Waals surface area contributed by atoms with Gasteiger partial charge in [0.15, 0.2) is 0 Å². The number of likely N-dealkylation sites (tertiary alicyclic amines) is 1. The lowest BCUT2D eigenvalue weighted by molar-refractivity contribution is -0.127. The third kappa shape index (κ3) is 5.76. The van der Waals surface area contributed by atoms with Crippen molar-refractivity contribution >= 4 is 17.7 Å². The Morgan fingerprint density at radius 3 is 2.45 bits per heavy atom. The van der Waals surface area contributed by atoms with Crippen LogP contribution in [0.1, 0.15) is 40.1 Å². The van der Waals surface area contributed by atoms with E-state index in [1.165, 1.54) is 0 Å². The smallest absolute Gasteiger partial charge is 0.269 e. The van der Waals surface area contributed by atoms with E-state index in [0.717, 1.165) is 51.1 Å². The van der Waals surface area contributed by atoms with E-state index in [9.17, 15) is 14.4 Å². The van der Waals surface area contributed by atoms with Crippen LogP contribution in [-0.4, -0.2) is 90.3 Å². The Hall–Kier alpha value is -3.26. The fraction of sp³-hybridized carbons (Fsp3) is 0.440. The van der Waals surface area contributed by atoms with Crippen LogP contribution in [0.5, 0.6) is 0 Å². The second-order valence-corrected chi connectivity index (χ2v) is 8.67. The van der Waals surface area contributed by atoms with E-state index in [1.807, 2.05) is 46.2 Å². The molecular weight excluding hydrogens is 418 g/mol. The molecule has 4 rings (SSSR count). The minimum Gasteiger partial charge on any atom is -0.351 e. The Morgan fingerprint density at radius 1 is 1.00 bits per heavy atom. The van der Waals surface area contributed by atoms with Crippen molar-refractivity contribution in [2.75, 3.05) is 52.9 Å². The molecule has 0 bridgehead atoms. The maximum atomic E-state index is 12.7. The minimum absolute atomic E-state index is 0.0476. The number of carbonyl (C=O) groups is 3. The number of nitrogens with zero attached hydrogens (tertiary/aromatic N) is 4. The van der Waals surface area contributed by atoms with Gasteiger partial charge in [-0.3, -0.25) is 14.4 Å². The third-order valence-electron chi connectivity index (χ3n) is 6.26. The van der Waals surface area contributed by atoms with E-state index in [4.69, 9.17) is 0 Å². The molecule has 1 aromatic heterocycles. The van der Waals surface area contributed by atoms with Gasteiger partial charge in [0.05, 0.1) is 5.69 Å². The lowest BCUT2D eigenvalue weighted by atomic mass is 10.1. The van der Waals surface area contributed by atoms with Crippen molar-refractivity contribution in [3.63, 3.8) is 0 Å². The molecule has 0 radical (unpaired) electrons. The van der Waals surface area contributed by atoms with Crippen LogP contribution in [-0.2, 0) is 4.79 Å². The van der Waals surface area contributed by atoms with Gasteiger partial charge in [-0.15, -0.1) is 0 Å². The number of rotatable bonds is 7. The molecule has 2 saturated heterocycles. The van der Waals surface area contributed by atoms with Crippen molar-refractivity contribution in [1.82, 2.24) is 25.0 Å². The summed E-state index contributed by atoms with van der Waals surface area (Å²) in [7, 11) is 2.06. The van der Waals surface area contributed by atoms with Crippen molar-refractivity contribution in [1.29, 1.82) is 0 Å². The molecule has 33 heavy (non-hydrogen) atoms. The maximum absolute atomic E-state index is 12.7. The quantitative estimate of drug-likeness (QED) is 0.653. The number of carbonyl (C=O) groups excluding carboxylic acids is 3. The number of benzene rings is 1. The molecule has 2 aromatic rings. The molecule has 0 spiro atoms. The number of piperazine rings is 1. The van der Waals surface area contributed by atoms with E-state index in [1.54, 1.807) is 6.07 Å². The van der Waals surface area contributed by atoms with E-state index in [2.05, 4.69) is 22.2 Å². The van der Waals surface area contributed by atoms with Crippen molar-refractivity contribution < 1.29 is 14.4 Å². The Labute approximate surface area is 194 Å². The van der Waals surface area contributed by atoms with Crippen molar-refractivity contribution in [2.45, 2.75) is 19.3 Å². The number of hydrogen-bond donors (Lipinski definition) is 1. The number of likely N-dealkylation sites (N-methyl/N-ethyl adjacent to an activating group) is 1. The monoisotopic (exact) mass is 449 g/mol. The highest BCUT2D eigenvalue weighted by Gasteiger charge is 2.21. The summed E-state index contributed by atoms with van der Waals surface area (Å²) in [5, 5.41) is 2.89. The van der Waals surface area contributed by atoms with Gasteiger partial charge in [-0.25, -0.2) is 4.98 Å².